The van der Waals surface area contributed by atoms with Gasteiger partial charge in [-0.3, -0.25) is 9.35 Å². The standard InChI is InChI=1S/2C12H23NO4S.Ca/c2*1-2-3-4-5-6-7-9-12(14)13-10-8-11-18(15,16)17;/h2*7,9H,2-6,8,10-11H2,1H3,(H,13,14)(H,15,16,17);/q;;+2/p-2/b2*9-7+;. The van der Waals surface area contributed by atoms with Gasteiger partial charge in [0.1, 0.15) is 0 Å². The number of carbonyl (C=O) groups is 1. The molecule has 2 N–H and O–H groups in total. The van der Waals surface area contributed by atoms with E-state index < -0.39 is 26.0 Å². The number of allylic oxidation sites excluding steroid dienone is 2. The van der Waals surface area contributed by atoms with Crippen molar-refractivity contribution in [3.8, 4) is 0 Å². The number of hydrogen-bond donors (Lipinski definition) is 2. The van der Waals surface area contributed by atoms with Gasteiger partial charge in [-0.2, -0.15) is 8.42 Å². The molecule has 1 amide bonds. The number of carbonyl (C=O) groups excluding carboxylic acids is 1. The Morgan fingerprint density at radius 2 is 1.38 bits per heavy atom. The molecule has 0 bridgehead atoms. The molecule has 0 fully saturated rings. The Hall–Kier alpha value is -0.500. The molecule has 0 radical (unpaired) electrons. The van der Waals surface area contributed by atoms with E-state index in [2.05, 4.69) is 24.2 Å². The van der Waals surface area contributed by atoms with Gasteiger partial charge in [0.05, 0.1) is 15.9 Å². The average molecular weight is 593 g/mol. The topological polar surface area (TPSA) is 176 Å². The number of unbranched alkanes of at least 4 members (excludes halogenated alkanes) is 8. The summed E-state index contributed by atoms with van der Waals surface area (Å²) in [7, 11) is -8.11. The van der Waals surface area contributed by atoms with Crippen molar-refractivity contribution >= 4 is 69.8 Å². The van der Waals surface area contributed by atoms with Gasteiger partial charge < -0.3 is 20.0 Å². The van der Waals surface area contributed by atoms with Gasteiger partial charge in [0.15, 0.2) is 0 Å². The van der Waals surface area contributed by atoms with Crippen LogP contribution in [0.3, 0.4) is 0 Å². The third-order valence-electron chi connectivity index (χ3n) is 4.68. The van der Waals surface area contributed by atoms with E-state index in [1.807, 2.05) is 6.08 Å². The molecule has 0 saturated heterocycles. The number of nitrogens with one attached hydrogen (secondary N) is 1. The predicted octanol–water partition coefficient (Wildman–Crippen LogP) is 2.73. The molecule has 10 nitrogen and oxygen atoms in total. The smallest absolute Gasteiger partial charge is 0.859 e. The minimum Gasteiger partial charge on any atom is -0.859 e. The van der Waals surface area contributed by atoms with Crippen LogP contribution in [0.25, 0.3) is 0 Å². The van der Waals surface area contributed by atoms with Gasteiger partial charge >= 0.3 is 37.7 Å². The van der Waals surface area contributed by atoms with Crippen molar-refractivity contribution in [3.05, 3.63) is 24.3 Å². The predicted molar refractivity (Wildman–Crippen MR) is 147 cm³/mol. The fraction of sp³-hybridized carbons (Fsp3) is 0.750. The Kier molecular flexibility index (Phi) is 30.0. The summed E-state index contributed by atoms with van der Waals surface area (Å²) in [6.45, 7) is 4.62. The van der Waals surface area contributed by atoms with E-state index in [0.29, 0.717) is 0 Å². The van der Waals surface area contributed by atoms with Gasteiger partial charge in [0, 0.05) is 18.8 Å². The molecule has 13 heteroatoms. The van der Waals surface area contributed by atoms with E-state index in [4.69, 9.17) is 4.55 Å². The normalized spacial score (nSPS) is 12.3. The summed E-state index contributed by atoms with van der Waals surface area (Å²) in [4.78, 5) is 14.9. The van der Waals surface area contributed by atoms with Crippen LogP contribution in [-0.4, -0.2) is 100 Å². The molecular weight excluding hydrogens is 548 g/mol. The van der Waals surface area contributed by atoms with E-state index in [1.54, 1.807) is 6.08 Å². The summed E-state index contributed by atoms with van der Waals surface area (Å²) in [5.41, 5.74) is 0. The minimum absolute atomic E-state index is 0. The Labute approximate surface area is 254 Å². The first-order valence-corrected chi connectivity index (χ1v) is 15.8. The molecule has 0 rings (SSSR count). The van der Waals surface area contributed by atoms with Gasteiger partial charge in [0.25, 0.3) is 10.1 Å². The van der Waals surface area contributed by atoms with Crippen LogP contribution in [0.4, 0.5) is 0 Å². The fourth-order valence-corrected chi connectivity index (χ4v) is 3.75. The molecule has 37 heavy (non-hydrogen) atoms. The van der Waals surface area contributed by atoms with Gasteiger partial charge in [-0.1, -0.05) is 70.6 Å². The average Bonchev–Trinajstić information content (AvgIpc) is 2.78. The summed E-state index contributed by atoms with van der Waals surface area (Å²) in [5.74, 6) is -1.38. The van der Waals surface area contributed by atoms with Crippen LogP contribution in [0.2, 0.25) is 0 Å². The van der Waals surface area contributed by atoms with Crippen LogP contribution in [-0.2, 0) is 25.0 Å². The van der Waals surface area contributed by atoms with Crippen LogP contribution in [0.5, 0.6) is 0 Å². The SMILES string of the molecule is CCCCCC/C=C/C(=O)NCCCS(=O)(=O)O.CCCCCC/C=C/C([O-])=NCCCS(=O)(=O)[O-].[Ca+2]. The Bertz CT molecular complexity index is 858. The Morgan fingerprint density at radius 3 is 1.86 bits per heavy atom. The maximum absolute atomic E-state index is 11.2. The second-order valence-corrected chi connectivity index (χ2v) is 11.4. The first-order valence-electron chi connectivity index (χ1n) is 12.6. The maximum Gasteiger partial charge on any atom is 2.00 e. The summed E-state index contributed by atoms with van der Waals surface area (Å²) in [6.07, 6.45) is 17.8. The molecular formula is C24H44CaN2O8S2. The molecule has 0 aromatic carbocycles. The van der Waals surface area contributed by atoms with Crippen molar-refractivity contribution in [2.24, 2.45) is 4.99 Å². The quantitative estimate of drug-likeness (QED) is 0.0541. The molecule has 0 aromatic rings. The second kappa shape index (κ2) is 27.1. The first kappa shape index (κ1) is 41.0. The van der Waals surface area contributed by atoms with E-state index in [1.165, 1.54) is 44.3 Å². The summed E-state index contributed by atoms with van der Waals surface area (Å²) < 4.78 is 60.1. The molecule has 0 heterocycles. The maximum atomic E-state index is 11.2. The number of amides is 1. The Balaban J connectivity index is -0.000000608. The molecule has 0 aliphatic heterocycles. The monoisotopic (exact) mass is 592 g/mol. The third kappa shape index (κ3) is 40.2. The van der Waals surface area contributed by atoms with Crippen molar-refractivity contribution in [2.75, 3.05) is 24.6 Å². The van der Waals surface area contributed by atoms with Crippen LogP contribution in [0.15, 0.2) is 29.3 Å². The van der Waals surface area contributed by atoms with Crippen molar-refractivity contribution < 1.29 is 35.8 Å². The van der Waals surface area contributed by atoms with Crippen molar-refractivity contribution in [2.45, 2.75) is 90.9 Å². The fourth-order valence-electron chi connectivity index (χ4n) is 2.76. The van der Waals surface area contributed by atoms with Crippen LogP contribution >= 0.6 is 0 Å². The van der Waals surface area contributed by atoms with Gasteiger partial charge in [0.2, 0.25) is 5.91 Å². The molecule has 0 aromatic heterocycles. The molecule has 0 aliphatic carbocycles. The van der Waals surface area contributed by atoms with Gasteiger partial charge in [-0.05, 0) is 50.5 Å². The summed E-state index contributed by atoms with van der Waals surface area (Å²) in [5, 5.41) is 13.7. The zero-order valence-electron chi connectivity index (χ0n) is 22.4. The van der Waals surface area contributed by atoms with Crippen LogP contribution in [0.1, 0.15) is 90.9 Å². The third-order valence-corrected chi connectivity index (χ3v) is 6.27. The van der Waals surface area contributed by atoms with Crippen molar-refractivity contribution in [1.29, 1.82) is 0 Å². The van der Waals surface area contributed by atoms with E-state index >= 15 is 0 Å². The zero-order chi connectivity index (χ0) is 27.7. The van der Waals surface area contributed by atoms with E-state index in [0.717, 1.165) is 32.1 Å². The zero-order valence-corrected chi connectivity index (χ0v) is 26.2. The molecule has 0 aliphatic rings. The molecule has 212 valence electrons. The van der Waals surface area contributed by atoms with E-state index in [9.17, 15) is 31.3 Å². The number of hydrogen-bond acceptors (Lipinski definition) is 8. The van der Waals surface area contributed by atoms with Gasteiger partial charge in [-0.15, -0.1) is 0 Å². The van der Waals surface area contributed by atoms with Gasteiger partial charge in [-0.25, -0.2) is 8.42 Å². The number of aliphatic imine (C=N–C) groups is 1. The van der Waals surface area contributed by atoms with Crippen molar-refractivity contribution in [3.63, 3.8) is 0 Å². The molecule has 0 atom stereocenters. The number of rotatable bonds is 20. The minimum atomic E-state index is -4.19. The van der Waals surface area contributed by atoms with Crippen molar-refractivity contribution in [1.82, 2.24) is 5.32 Å². The second-order valence-electron chi connectivity index (χ2n) is 8.27. The number of nitrogens with zero attached hydrogens (tertiary/aromatic N) is 1. The molecule has 0 unspecified atom stereocenters. The summed E-state index contributed by atoms with van der Waals surface area (Å²) in [6, 6.07) is 0. The van der Waals surface area contributed by atoms with E-state index in [-0.39, 0.29) is 81.2 Å². The molecule has 0 saturated carbocycles. The first-order chi connectivity index (χ1) is 16.9. The largest absolute Gasteiger partial charge is 2.00 e. The summed E-state index contributed by atoms with van der Waals surface area (Å²) >= 11 is 0. The van der Waals surface area contributed by atoms with Crippen LogP contribution < -0.4 is 10.4 Å². The Morgan fingerprint density at radius 1 is 0.838 bits per heavy atom. The molecule has 0 spiro atoms. The van der Waals surface area contributed by atoms with Crippen LogP contribution in [0, 0.1) is 0 Å².